The van der Waals surface area contributed by atoms with E-state index in [1.165, 1.54) is 0 Å². The molecule has 1 amide bonds. The van der Waals surface area contributed by atoms with Crippen LogP contribution < -0.4 is 5.73 Å². The molecule has 0 aromatic heterocycles. The number of carboxylic acids is 1. The predicted molar refractivity (Wildman–Crippen MR) is 56.2 cm³/mol. The average Bonchev–Trinajstić information content (AvgIpc) is 2.39. The zero-order valence-corrected chi connectivity index (χ0v) is 9.13. The van der Waals surface area contributed by atoms with Gasteiger partial charge in [-0.25, -0.2) is 5.01 Å². The quantitative estimate of drug-likeness (QED) is 0.616. The van der Waals surface area contributed by atoms with Crippen LogP contribution in [0.5, 0.6) is 0 Å². The van der Waals surface area contributed by atoms with Gasteiger partial charge in [0.2, 0.25) is 0 Å². The summed E-state index contributed by atoms with van der Waals surface area (Å²) in [4.78, 5) is 23.0. The Labute approximate surface area is 94.0 Å². The lowest BCUT2D eigenvalue weighted by molar-refractivity contribution is -0.154. The highest BCUT2D eigenvalue weighted by Gasteiger charge is 2.39. The zero-order chi connectivity index (χ0) is 11.7. The molecule has 2 saturated heterocycles. The van der Waals surface area contributed by atoms with Gasteiger partial charge in [-0.05, 0) is 19.3 Å². The number of amides is 1. The lowest BCUT2D eigenvalue weighted by Gasteiger charge is -2.37. The van der Waals surface area contributed by atoms with Crippen molar-refractivity contribution in [3.05, 3.63) is 0 Å². The summed E-state index contributed by atoms with van der Waals surface area (Å²) in [6.07, 6.45) is 2.46. The molecule has 0 aromatic carbocycles. The molecule has 1 unspecified atom stereocenters. The molecule has 2 atom stereocenters. The minimum atomic E-state index is -0.970. The van der Waals surface area contributed by atoms with Crippen molar-refractivity contribution in [3.8, 4) is 0 Å². The molecule has 0 bridgehead atoms. The van der Waals surface area contributed by atoms with Gasteiger partial charge in [0.25, 0.3) is 5.91 Å². The number of hydrogen-bond acceptors (Lipinski definition) is 4. The fourth-order valence-electron chi connectivity index (χ4n) is 2.39. The maximum absolute atomic E-state index is 12.0. The van der Waals surface area contributed by atoms with E-state index >= 15 is 0 Å². The molecule has 2 aliphatic heterocycles. The molecule has 0 spiro atoms. The second-order valence-corrected chi connectivity index (χ2v) is 4.38. The maximum atomic E-state index is 12.0. The van der Waals surface area contributed by atoms with Crippen molar-refractivity contribution in [2.45, 2.75) is 25.3 Å². The molecule has 16 heavy (non-hydrogen) atoms. The Morgan fingerprint density at radius 2 is 2.00 bits per heavy atom. The van der Waals surface area contributed by atoms with Gasteiger partial charge >= 0.3 is 5.97 Å². The van der Waals surface area contributed by atoms with Gasteiger partial charge in [0.1, 0.15) is 0 Å². The summed E-state index contributed by atoms with van der Waals surface area (Å²) in [6, 6.07) is -0.902. The largest absolute Gasteiger partial charge is 0.481 e. The van der Waals surface area contributed by atoms with E-state index in [4.69, 9.17) is 10.8 Å². The molecule has 0 aliphatic carbocycles. The normalized spacial score (nSPS) is 32.1. The predicted octanol–water partition coefficient (Wildman–Crippen LogP) is -0.742. The average molecular weight is 227 g/mol. The fraction of sp³-hybridized carbons (Fsp3) is 0.800. The minimum absolute atomic E-state index is 0.246. The van der Waals surface area contributed by atoms with Crippen LogP contribution in [0.1, 0.15) is 19.3 Å². The highest BCUT2D eigenvalue weighted by molar-refractivity contribution is 5.87. The molecule has 0 aromatic rings. The van der Waals surface area contributed by atoms with Gasteiger partial charge in [-0.3, -0.25) is 14.6 Å². The van der Waals surface area contributed by atoms with E-state index in [1.54, 1.807) is 5.01 Å². The smallest absolute Gasteiger partial charge is 0.308 e. The SMILES string of the molecule is N[C@@H]1C(=O)N2CCCCN2CCC1C(=O)O. The number of carbonyl (C=O) groups is 2. The number of fused-ring (bicyclic) bond motifs is 1. The molecule has 0 saturated carbocycles. The maximum Gasteiger partial charge on any atom is 0.308 e. The van der Waals surface area contributed by atoms with Gasteiger partial charge in [0.15, 0.2) is 0 Å². The molecule has 2 heterocycles. The number of carbonyl (C=O) groups excluding carboxylic acids is 1. The number of aliphatic carboxylic acids is 1. The number of nitrogens with two attached hydrogens (primary N) is 1. The van der Waals surface area contributed by atoms with Crippen LogP contribution in [0.15, 0.2) is 0 Å². The van der Waals surface area contributed by atoms with Gasteiger partial charge in [-0.15, -0.1) is 0 Å². The van der Waals surface area contributed by atoms with Gasteiger partial charge < -0.3 is 10.8 Å². The number of carboxylic acid groups (broad SMARTS) is 1. The third kappa shape index (κ3) is 1.90. The molecule has 6 nitrogen and oxygen atoms in total. The molecule has 2 fully saturated rings. The first-order valence-electron chi connectivity index (χ1n) is 5.66. The second kappa shape index (κ2) is 4.39. The van der Waals surface area contributed by atoms with Crippen LogP contribution >= 0.6 is 0 Å². The first-order chi connectivity index (χ1) is 7.61. The van der Waals surface area contributed by atoms with Crippen molar-refractivity contribution in [2.75, 3.05) is 19.6 Å². The van der Waals surface area contributed by atoms with E-state index in [0.717, 1.165) is 19.4 Å². The molecule has 0 radical (unpaired) electrons. The monoisotopic (exact) mass is 227 g/mol. The van der Waals surface area contributed by atoms with Crippen molar-refractivity contribution >= 4 is 11.9 Å². The Hall–Kier alpha value is -1.14. The minimum Gasteiger partial charge on any atom is -0.481 e. The number of hydrazine groups is 1. The van der Waals surface area contributed by atoms with Crippen LogP contribution in [0, 0.1) is 5.92 Å². The first kappa shape index (κ1) is 11.3. The van der Waals surface area contributed by atoms with Crippen molar-refractivity contribution < 1.29 is 14.7 Å². The number of rotatable bonds is 1. The Kier molecular flexibility index (Phi) is 3.11. The van der Waals surface area contributed by atoms with Crippen LogP contribution in [0.3, 0.4) is 0 Å². The summed E-state index contributed by atoms with van der Waals surface area (Å²) in [5, 5.41) is 12.6. The summed E-state index contributed by atoms with van der Waals surface area (Å²) in [5.74, 6) is -1.97. The summed E-state index contributed by atoms with van der Waals surface area (Å²) in [6.45, 7) is 2.10. The fourth-order valence-corrected chi connectivity index (χ4v) is 2.39. The van der Waals surface area contributed by atoms with Crippen LogP contribution in [0.4, 0.5) is 0 Å². The highest BCUT2D eigenvalue weighted by Crippen LogP contribution is 2.21. The van der Waals surface area contributed by atoms with E-state index in [2.05, 4.69) is 0 Å². The third-order valence-corrected chi connectivity index (χ3v) is 3.37. The topological polar surface area (TPSA) is 86.9 Å². The molecule has 6 heteroatoms. The number of nitrogens with zero attached hydrogens (tertiary/aromatic N) is 2. The third-order valence-electron chi connectivity index (χ3n) is 3.37. The summed E-state index contributed by atoms with van der Waals surface area (Å²) < 4.78 is 0. The Morgan fingerprint density at radius 1 is 1.31 bits per heavy atom. The van der Waals surface area contributed by atoms with Crippen molar-refractivity contribution in [1.29, 1.82) is 0 Å². The van der Waals surface area contributed by atoms with Gasteiger partial charge in [-0.1, -0.05) is 0 Å². The molecular weight excluding hydrogens is 210 g/mol. The van der Waals surface area contributed by atoms with Crippen molar-refractivity contribution in [2.24, 2.45) is 11.7 Å². The Bertz CT molecular complexity index is 308. The van der Waals surface area contributed by atoms with E-state index in [1.807, 2.05) is 5.01 Å². The van der Waals surface area contributed by atoms with Crippen LogP contribution in [0.25, 0.3) is 0 Å². The van der Waals surface area contributed by atoms with Gasteiger partial charge in [0, 0.05) is 19.6 Å². The van der Waals surface area contributed by atoms with E-state index in [0.29, 0.717) is 19.5 Å². The second-order valence-electron chi connectivity index (χ2n) is 4.38. The van der Waals surface area contributed by atoms with Crippen LogP contribution in [-0.4, -0.2) is 52.7 Å². The Balaban J connectivity index is 2.18. The molecular formula is C10H17N3O3. The van der Waals surface area contributed by atoms with Crippen LogP contribution in [-0.2, 0) is 9.59 Å². The van der Waals surface area contributed by atoms with Crippen LogP contribution in [0.2, 0.25) is 0 Å². The van der Waals surface area contributed by atoms with Gasteiger partial charge in [0.05, 0.1) is 12.0 Å². The standard InChI is InChI=1S/C10H17N3O3/c11-8-7(10(15)16)3-6-12-4-1-2-5-13(12)9(8)14/h7-8H,1-6,11H2,(H,15,16)/t7?,8-/m0/s1. The lowest BCUT2D eigenvalue weighted by atomic mass is 9.97. The zero-order valence-electron chi connectivity index (χ0n) is 9.13. The molecule has 90 valence electrons. The number of hydrogen-bond donors (Lipinski definition) is 2. The molecule has 2 rings (SSSR count). The summed E-state index contributed by atoms with van der Waals surface area (Å²) in [5.41, 5.74) is 5.73. The summed E-state index contributed by atoms with van der Waals surface area (Å²) >= 11 is 0. The van der Waals surface area contributed by atoms with E-state index in [9.17, 15) is 9.59 Å². The Morgan fingerprint density at radius 3 is 2.69 bits per heavy atom. The lowest BCUT2D eigenvalue weighted by Crippen LogP contribution is -2.54. The van der Waals surface area contributed by atoms with Crippen molar-refractivity contribution in [1.82, 2.24) is 10.0 Å². The van der Waals surface area contributed by atoms with Gasteiger partial charge in [-0.2, -0.15) is 0 Å². The van der Waals surface area contributed by atoms with Crippen molar-refractivity contribution in [3.63, 3.8) is 0 Å². The summed E-state index contributed by atoms with van der Waals surface area (Å²) in [7, 11) is 0. The van der Waals surface area contributed by atoms with E-state index < -0.39 is 17.9 Å². The first-order valence-corrected chi connectivity index (χ1v) is 5.66. The van der Waals surface area contributed by atoms with E-state index in [-0.39, 0.29) is 5.91 Å². The molecule has 3 N–H and O–H groups in total. The highest BCUT2D eigenvalue weighted by atomic mass is 16.4. The molecule has 2 aliphatic rings.